The van der Waals surface area contributed by atoms with E-state index in [1.165, 1.54) is 12.8 Å². The van der Waals surface area contributed by atoms with E-state index in [1.807, 2.05) is 35.2 Å². The summed E-state index contributed by atoms with van der Waals surface area (Å²) in [5.74, 6) is 0.817. The molecule has 1 unspecified atom stereocenters. The molecule has 1 heterocycles. The highest BCUT2D eigenvalue weighted by atomic mass is 16.2. The number of carbonyl (C=O) groups is 2. The van der Waals surface area contributed by atoms with E-state index in [9.17, 15) is 9.59 Å². The number of likely N-dealkylation sites (tertiary alicyclic amines) is 1. The molecule has 3 rings (SSSR count). The van der Waals surface area contributed by atoms with Crippen molar-refractivity contribution >= 4 is 17.5 Å². The van der Waals surface area contributed by atoms with Gasteiger partial charge >= 0.3 is 0 Å². The molecule has 1 aliphatic heterocycles. The second-order valence-corrected chi connectivity index (χ2v) is 6.59. The van der Waals surface area contributed by atoms with Crippen molar-refractivity contribution in [2.75, 3.05) is 31.5 Å². The minimum absolute atomic E-state index is 0.0526. The van der Waals surface area contributed by atoms with Gasteiger partial charge < -0.3 is 15.5 Å². The van der Waals surface area contributed by atoms with Crippen LogP contribution in [0.3, 0.4) is 0 Å². The maximum atomic E-state index is 12.3. The summed E-state index contributed by atoms with van der Waals surface area (Å²) in [7, 11) is 0. The van der Waals surface area contributed by atoms with E-state index in [1.54, 1.807) is 0 Å². The fourth-order valence-electron chi connectivity index (χ4n) is 2.97. The molecule has 5 nitrogen and oxygen atoms in total. The Morgan fingerprint density at radius 1 is 1.13 bits per heavy atom. The molecule has 0 spiro atoms. The van der Waals surface area contributed by atoms with Crippen LogP contribution in [0.15, 0.2) is 30.3 Å². The first-order valence-electron chi connectivity index (χ1n) is 8.57. The molecule has 5 heteroatoms. The third-order valence-corrected chi connectivity index (χ3v) is 4.62. The molecule has 0 radical (unpaired) electrons. The number of amides is 2. The van der Waals surface area contributed by atoms with Crippen LogP contribution in [0.4, 0.5) is 5.69 Å². The van der Waals surface area contributed by atoms with Gasteiger partial charge in [0.15, 0.2) is 0 Å². The molecule has 2 aliphatic rings. The molecule has 1 saturated carbocycles. The molecule has 2 fully saturated rings. The average Bonchev–Trinajstić information content (AvgIpc) is 3.43. The van der Waals surface area contributed by atoms with Crippen LogP contribution in [0.5, 0.6) is 0 Å². The lowest BCUT2D eigenvalue weighted by atomic mass is 9.97. The van der Waals surface area contributed by atoms with Crippen molar-refractivity contribution in [3.63, 3.8) is 0 Å². The lowest BCUT2D eigenvalue weighted by Crippen LogP contribution is -2.47. The lowest BCUT2D eigenvalue weighted by Gasteiger charge is -2.32. The predicted octanol–water partition coefficient (Wildman–Crippen LogP) is 1.86. The van der Waals surface area contributed by atoms with Gasteiger partial charge in [0.1, 0.15) is 0 Å². The largest absolute Gasteiger partial charge is 0.376 e. The van der Waals surface area contributed by atoms with Crippen molar-refractivity contribution < 1.29 is 9.59 Å². The van der Waals surface area contributed by atoms with E-state index >= 15 is 0 Å². The fraction of sp³-hybridized carbons (Fsp3) is 0.556. The maximum Gasteiger partial charge on any atom is 0.241 e. The number of anilines is 1. The number of rotatable bonds is 6. The quantitative estimate of drug-likeness (QED) is 0.842. The third kappa shape index (κ3) is 4.71. The average molecular weight is 315 g/mol. The van der Waals surface area contributed by atoms with Crippen molar-refractivity contribution in [1.29, 1.82) is 0 Å². The first kappa shape index (κ1) is 15.8. The van der Waals surface area contributed by atoms with Crippen LogP contribution >= 0.6 is 0 Å². The monoisotopic (exact) mass is 315 g/mol. The van der Waals surface area contributed by atoms with Crippen molar-refractivity contribution in [2.45, 2.75) is 25.7 Å². The molecule has 1 aromatic rings. The second kappa shape index (κ2) is 7.49. The zero-order chi connectivity index (χ0) is 16.1. The molecular formula is C18H25N3O2. The Kier molecular flexibility index (Phi) is 5.16. The summed E-state index contributed by atoms with van der Waals surface area (Å²) < 4.78 is 0. The molecule has 124 valence electrons. The highest BCUT2D eigenvalue weighted by molar-refractivity contribution is 5.83. The van der Waals surface area contributed by atoms with E-state index in [4.69, 9.17) is 0 Å². The molecule has 0 bridgehead atoms. The lowest BCUT2D eigenvalue weighted by molar-refractivity contribution is -0.134. The van der Waals surface area contributed by atoms with Crippen molar-refractivity contribution in [2.24, 2.45) is 11.8 Å². The second-order valence-electron chi connectivity index (χ2n) is 6.59. The van der Waals surface area contributed by atoms with Crippen molar-refractivity contribution in [1.82, 2.24) is 10.2 Å². The van der Waals surface area contributed by atoms with Crippen LogP contribution in [0.1, 0.15) is 25.7 Å². The Balaban J connectivity index is 1.45. The third-order valence-electron chi connectivity index (χ3n) is 4.62. The van der Waals surface area contributed by atoms with E-state index in [-0.39, 0.29) is 24.3 Å². The van der Waals surface area contributed by atoms with Crippen LogP contribution in [-0.2, 0) is 9.59 Å². The van der Waals surface area contributed by atoms with Gasteiger partial charge in [0.2, 0.25) is 11.8 Å². The van der Waals surface area contributed by atoms with Crippen LogP contribution < -0.4 is 10.6 Å². The minimum Gasteiger partial charge on any atom is -0.376 e. The molecule has 0 aromatic heterocycles. The molecule has 1 aliphatic carbocycles. The zero-order valence-electron chi connectivity index (χ0n) is 13.5. The summed E-state index contributed by atoms with van der Waals surface area (Å²) in [4.78, 5) is 26.4. The molecule has 1 aromatic carbocycles. The Bertz CT molecular complexity index is 542. The van der Waals surface area contributed by atoms with Gasteiger partial charge in [-0.2, -0.15) is 0 Å². The number of hydrogen-bond acceptors (Lipinski definition) is 3. The number of hydrogen-bond donors (Lipinski definition) is 2. The van der Waals surface area contributed by atoms with Gasteiger partial charge in [0.05, 0.1) is 12.5 Å². The van der Waals surface area contributed by atoms with Crippen LogP contribution in [0.2, 0.25) is 0 Å². The van der Waals surface area contributed by atoms with Gasteiger partial charge in [0, 0.05) is 25.3 Å². The number of nitrogens with zero attached hydrogens (tertiary/aromatic N) is 1. The van der Waals surface area contributed by atoms with Crippen molar-refractivity contribution in [3.05, 3.63) is 30.3 Å². The predicted molar refractivity (Wildman–Crippen MR) is 90.0 cm³/mol. The van der Waals surface area contributed by atoms with E-state index in [2.05, 4.69) is 10.6 Å². The SMILES string of the molecule is O=C(NCC1CC1)C1CCCN(C(=O)CNc2ccccc2)C1. The number of nitrogens with one attached hydrogen (secondary N) is 2. The van der Waals surface area contributed by atoms with Gasteiger partial charge in [-0.25, -0.2) is 0 Å². The van der Waals surface area contributed by atoms with Gasteiger partial charge in [-0.3, -0.25) is 9.59 Å². The van der Waals surface area contributed by atoms with E-state index in [0.29, 0.717) is 12.5 Å². The summed E-state index contributed by atoms with van der Waals surface area (Å²) in [6.45, 7) is 2.38. The van der Waals surface area contributed by atoms with Crippen LogP contribution in [0.25, 0.3) is 0 Å². The van der Waals surface area contributed by atoms with Crippen LogP contribution in [0, 0.1) is 11.8 Å². The molecule has 1 saturated heterocycles. The smallest absolute Gasteiger partial charge is 0.241 e. The highest BCUT2D eigenvalue weighted by Gasteiger charge is 2.29. The molecular weight excluding hydrogens is 290 g/mol. The first-order valence-corrected chi connectivity index (χ1v) is 8.57. The number of para-hydroxylation sites is 1. The van der Waals surface area contributed by atoms with Gasteiger partial charge in [-0.05, 0) is 43.7 Å². The normalized spacial score (nSPS) is 20.9. The van der Waals surface area contributed by atoms with Gasteiger partial charge in [0.25, 0.3) is 0 Å². The summed E-state index contributed by atoms with van der Waals surface area (Å²) in [6.07, 6.45) is 4.26. The maximum absolute atomic E-state index is 12.3. The standard InChI is InChI=1S/C18H25N3O2/c22-17(12-19-16-6-2-1-3-7-16)21-10-4-5-15(13-21)18(23)20-11-14-8-9-14/h1-3,6-7,14-15,19H,4-5,8-13H2,(H,20,23). The Morgan fingerprint density at radius 3 is 2.65 bits per heavy atom. The molecule has 2 N–H and O–H groups in total. The topological polar surface area (TPSA) is 61.4 Å². The summed E-state index contributed by atoms with van der Waals surface area (Å²) in [5.41, 5.74) is 0.941. The molecule has 1 atom stereocenters. The Hall–Kier alpha value is -2.04. The summed E-state index contributed by atoms with van der Waals surface area (Å²) >= 11 is 0. The fourth-order valence-corrected chi connectivity index (χ4v) is 2.97. The molecule has 2 amide bonds. The highest BCUT2D eigenvalue weighted by Crippen LogP contribution is 2.28. The molecule has 23 heavy (non-hydrogen) atoms. The van der Waals surface area contributed by atoms with Gasteiger partial charge in [-0.1, -0.05) is 18.2 Å². The van der Waals surface area contributed by atoms with Crippen molar-refractivity contribution in [3.8, 4) is 0 Å². The minimum atomic E-state index is -0.0526. The van der Waals surface area contributed by atoms with E-state index < -0.39 is 0 Å². The van der Waals surface area contributed by atoms with E-state index in [0.717, 1.165) is 31.6 Å². The zero-order valence-corrected chi connectivity index (χ0v) is 13.5. The Labute approximate surface area is 137 Å². The number of benzene rings is 1. The number of piperidine rings is 1. The summed E-state index contributed by atoms with van der Waals surface area (Å²) in [6, 6.07) is 9.71. The summed E-state index contributed by atoms with van der Waals surface area (Å²) in [5, 5.41) is 6.18. The first-order chi connectivity index (χ1) is 11.2. The Morgan fingerprint density at radius 2 is 1.91 bits per heavy atom. The van der Waals surface area contributed by atoms with Gasteiger partial charge in [-0.15, -0.1) is 0 Å². The van der Waals surface area contributed by atoms with Crippen LogP contribution in [-0.4, -0.2) is 42.9 Å². The number of carbonyl (C=O) groups excluding carboxylic acids is 2.